The molecule has 0 aliphatic carbocycles. The van der Waals surface area contributed by atoms with Crippen LogP contribution in [-0.4, -0.2) is 38.0 Å². The van der Waals surface area contributed by atoms with Gasteiger partial charge in [-0.15, -0.1) is 0 Å². The second-order valence-corrected chi connectivity index (χ2v) is 6.23. The maximum atomic E-state index is 14.1. The third kappa shape index (κ3) is 4.92. The molecule has 0 amide bonds. The van der Waals surface area contributed by atoms with Crippen molar-refractivity contribution in [1.82, 2.24) is 20.2 Å². The van der Waals surface area contributed by atoms with Gasteiger partial charge < -0.3 is 20.5 Å². The number of hydrogen-bond donors (Lipinski definition) is 4. The minimum absolute atomic E-state index is 0.0400. The number of nitrogens with zero attached hydrogens (tertiary/aromatic N) is 3. The Balaban J connectivity index is 1.75. The first kappa shape index (κ1) is 19.5. The summed E-state index contributed by atoms with van der Waals surface area (Å²) in [5.41, 5.74) is 0.633. The summed E-state index contributed by atoms with van der Waals surface area (Å²) in [6.07, 6.45) is 0.955. The third-order valence-corrected chi connectivity index (χ3v) is 3.67. The number of aromatic amines is 1. The molecule has 4 N–H and O–H groups in total. The van der Waals surface area contributed by atoms with E-state index in [1.54, 1.807) is 6.07 Å². The van der Waals surface area contributed by atoms with Crippen LogP contribution in [0.5, 0.6) is 5.88 Å². The van der Waals surface area contributed by atoms with Crippen molar-refractivity contribution < 1.29 is 18.6 Å². The number of halogens is 2. The predicted octanol–water partition coefficient (Wildman–Crippen LogP) is 3.15. The highest BCUT2D eigenvalue weighted by Crippen LogP contribution is 2.22. The molecule has 8 nitrogen and oxygen atoms in total. The number of rotatable bonds is 8. The second kappa shape index (κ2) is 8.61. The number of aliphatic hydroxyl groups excluding tert-OH is 1. The summed E-state index contributed by atoms with van der Waals surface area (Å²) < 4.78 is 32.6. The van der Waals surface area contributed by atoms with E-state index in [1.807, 2.05) is 13.8 Å². The number of aromatic nitrogens is 4. The van der Waals surface area contributed by atoms with Crippen molar-refractivity contribution in [2.45, 2.75) is 26.0 Å². The largest absolute Gasteiger partial charge is 0.475 e. The molecule has 0 aliphatic rings. The molecule has 0 aliphatic heterocycles. The zero-order valence-electron chi connectivity index (χ0n) is 15.3. The Kier molecular flexibility index (Phi) is 5.99. The van der Waals surface area contributed by atoms with Gasteiger partial charge in [-0.1, -0.05) is 12.1 Å². The molecule has 2 heterocycles. The molecule has 0 saturated carbocycles. The van der Waals surface area contributed by atoms with Gasteiger partial charge in [0.25, 0.3) is 0 Å². The molecule has 3 aromatic rings. The van der Waals surface area contributed by atoms with Gasteiger partial charge in [0.1, 0.15) is 5.82 Å². The Morgan fingerprint density at radius 3 is 2.64 bits per heavy atom. The quantitative estimate of drug-likeness (QED) is 0.468. The van der Waals surface area contributed by atoms with Crippen molar-refractivity contribution in [1.29, 1.82) is 0 Å². The van der Waals surface area contributed by atoms with Gasteiger partial charge >= 0.3 is 0 Å². The molecule has 0 saturated heterocycles. The van der Waals surface area contributed by atoms with E-state index in [4.69, 9.17) is 4.74 Å². The van der Waals surface area contributed by atoms with E-state index in [1.165, 1.54) is 24.3 Å². The summed E-state index contributed by atoms with van der Waals surface area (Å²) in [7, 11) is 0. The Hall–Kier alpha value is -3.27. The van der Waals surface area contributed by atoms with Crippen LogP contribution >= 0.6 is 0 Å². The van der Waals surface area contributed by atoms with Crippen LogP contribution in [0, 0.1) is 11.6 Å². The van der Waals surface area contributed by atoms with E-state index >= 15 is 0 Å². The van der Waals surface area contributed by atoms with E-state index in [0.29, 0.717) is 17.3 Å². The summed E-state index contributed by atoms with van der Waals surface area (Å²) in [5.74, 6) is -0.331. The second-order valence-electron chi connectivity index (χ2n) is 6.23. The van der Waals surface area contributed by atoms with Crippen LogP contribution in [0.1, 0.15) is 25.5 Å². The standard InChI is InChI=1S/C18H20F2N6O2/c1-10(2)28-16-7-15(25-26-16)23-17-13(20)8-21-18(24-17)22-14(9-27)11-3-5-12(19)6-4-11/h3-8,10,14,27H,9H2,1-2H3,(H3,21,22,23,24,25,26)/t14-/m0/s1. The van der Waals surface area contributed by atoms with E-state index in [2.05, 4.69) is 30.8 Å². The first-order chi connectivity index (χ1) is 13.4. The molecule has 0 bridgehead atoms. The van der Waals surface area contributed by atoms with Gasteiger partial charge in [0.2, 0.25) is 11.8 Å². The molecule has 1 atom stereocenters. The van der Waals surface area contributed by atoms with Crippen LogP contribution in [0.4, 0.5) is 26.4 Å². The average Bonchev–Trinajstić information content (AvgIpc) is 3.09. The lowest BCUT2D eigenvalue weighted by Gasteiger charge is -2.17. The minimum Gasteiger partial charge on any atom is -0.475 e. The highest BCUT2D eigenvalue weighted by atomic mass is 19.1. The monoisotopic (exact) mass is 390 g/mol. The smallest absolute Gasteiger partial charge is 0.225 e. The molecular weight excluding hydrogens is 370 g/mol. The molecule has 28 heavy (non-hydrogen) atoms. The molecule has 0 radical (unpaired) electrons. The van der Waals surface area contributed by atoms with Crippen molar-refractivity contribution in [3.05, 3.63) is 53.7 Å². The van der Waals surface area contributed by atoms with E-state index in [9.17, 15) is 13.9 Å². The molecule has 2 aromatic heterocycles. The van der Waals surface area contributed by atoms with Crippen molar-refractivity contribution in [3.8, 4) is 5.88 Å². The lowest BCUT2D eigenvalue weighted by Crippen LogP contribution is -2.17. The predicted molar refractivity (Wildman–Crippen MR) is 99.5 cm³/mol. The topological polar surface area (TPSA) is 108 Å². The van der Waals surface area contributed by atoms with Crippen LogP contribution in [0.3, 0.4) is 0 Å². The van der Waals surface area contributed by atoms with Gasteiger partial charge in [-0.25, -0.2) is 18.9 Å². The summed E-state index contributed by atoms with van der Waals surface area (Å²) >= 11 is 0. The zero-order valence-corrected chi connectivity index (χ0v) is 15.3. The normalized spacial score (nSPS) is 12.1. The molecule has 3 rings (SSSR count). The highest BCUT2D eigenvalue weighted by Gasteiger charge is 2.15. The average molecular weight is 390 g/mol. The summed E-state index contributed by atoms with van der Waals surface area (Å²) in [6, 6.07) is 6.62. The molecule has 0 unspecified atom stereocenters. The molecule has 148 valence electrons. The van der Waals surface area contributed by atoms with Crippen LogP contribution in [-0.2, 0) is 0 Å². The Bertz CT molecular complexity index is 917. The summed E-state index contributed by atoms with van der Waals surface area (Å²) in [5, 5.41) is 21.9. The maximum Gasteiger partial charge on any atom is 0.225 e. The lowest BCUT2D eigenvalue weighted by molar-refractivity contribution is 0.232. The molecular formula is C18H20F2N6O2. The van der Waals surface area contributed by atoms with Crippen molar-refractivity contribution in [2.24, 2.45) is 0 Å². The summed E-state index contributed by atoms with van der Waals surface area (Å²) in [6.45, 7) is 3.45. The molecule has 10 heteroatoms. The number of ether oxygens (including phenoxy) is 1. The number of anilines is 3. The van der Waals surface area contributed by atoms with Crippen molar-refractivity contribution in [2.75, 3.05) is 17.2 Å². The fourth-order valence-corrected chi connectivity index (χ4v) is 2.41. The van der Waals surface area contributed by atoms with Gasteiger partial charge in [0.15, 0.2) is 17.5 Å². The Labute approximate surface area is 160 Å². The van der Waals surface area contributed by atoms with Crippen LogP contribution < -0.4 is 15.4 Å². The van der Waals surface area contributed by atoms with Crippen molar-refractivity contribution in [3.63, 3.8) is 0 Å². The number of H-pyrrole nitrogens is 1. The van der Waals surface area contributed by atoms with Crippen molar-refractivity contribution >= 4 is 17.6 Å². The van der Waals surface area contributed by atoms with Gasteiger partial charge in [-0.2, -0.15) is 10.1 Å². The first-order valence-corrected chi connectivity index (χ1v) is 8.59. The molecule has 1 aromatic carbocycles. The van der Waals surface area contributed by atoms with Gasteiger partial charge in [0.05, 0.1) is 24.9 Å². The number of aliphatic hydroxyl groups is 1. The Morgan fingerprint density at radius 2 is 1.96 bits per heavy atom. The van der Waals surface area contributed by atoms with Gasteiger partial charge in [-0.3, -0.25) is 0 Å². The number of benzene rings is 1. The number of nitrogens with one attached hydrogen (secondary N) is 3. The maximum absolute atomic E-state index is 14.1. The SMILES string of the molecule is CC(C)Oc1cc(Nc2nc(N[C@@H](CO)c3ccc(F)cc3)ncc2F)n[nH]1. The highest BCUT2D eigenvalue weighted by molar-refractivity contribution is 5.54. The van der Waals surface area contributed by atoms with Crippen LogP contribution in [0.2, 0.25) is 0 Å². The van der Waals surface area contributed by atoms with Crippen LogP contribution in [0.15, 0.2) is 36.5 Å². The Morgan fingerprint density at radius 1 is 1.21 bits per heavy atom. The van der Waals surface area contributed by atoms with Crippen LogP contribution in [0.25, 0.3) is 0 Å². The summed E-state index contributed by atoms with van der Waals surface area (Å²) in [4.78, 5) is 7.96. The lowest BCUT2D eigenvalue weighted by atomic mass is 10.1. The molecule has 0 spiro atoms. The third-order valence-electron chi connectivity index (χ3n) is 3.67. The van der Waals surface area contributed by atoms with E-state index < -0.39 is 11.9 Å². The first-order valence-electron chi connectivity index (χ1n) is 8.59. The van der Waals surface area contributed by atoms with E-state index in [-0.39, 0.29) is 30.3 Å². The van der Waals surface area contributed by atoms with E-state index in [0.717, 1.165) is 6.20 Å². The fraction of sp³-hybridized carbons (Fsp3) is 0.278. The molecule has 0 fully saturated rings. The van der Waals surface area contributed by atoms with Gasteiger partial charge in [0, 0.05) is 6.07 Å². The zero-order chi connectivity index (χ0) is 20.1. The van der Waals surface area contributed by atoms with Gasteiger partial charge in [-0.05, 0) is 31.5 Å². The number of hydrogen-bond acceptors (Lipinski definition) is 7. The minimum atomic E-state index is -0.679. The fourth-order valence-electron chi connectivity index (χ4n) is 2.41.